The second-order valence-corrected chi connectivity index (χ2v) is 8.56. The quantitative estimate of drug-likeness (QED) is 0.590. The van der Waals surface area contributed by atoms with E-state index in [1.807, 2.05) is 44.2 Å². The number of aromatic nitrogens is 1. The minimum Gasteiger partial charge on any atom is -0.355 e. The maximum Gasteiger partial charge on any atom is 0.276 e. The van der Waals surface area contributed by atoms with Crippen molar-refractivity contribution in [3.05, 3.63) is 77.7 Å². The molecule has 0 radical (unpaired) electrons. The highest BCUT2D eigenvalue weighted by atomic mass is 19.1. The molecule has 1 aromatic heterocycles. The van der Waals surface area contributed by atoms with E-state index in [4.69, 9.17) is 4.52 Å². The molecule has 2 heterocycles. The highest BCUT2D eigenvalue weighted by molar-refractivity contribution is 5.97. The summed E-state index contributed by atoms with van der Waals surface area (Å²) in [5.41, 5.74) is 1.71. The van der Waals surface area contributed by atoms with Crippen LogP contribution >= 0.6 is 0 Å². The van der Waals surface area contributed by atoms with E-state index >= 15 is 0 Å². The molecule has 4 rings (SSSR count). The van der Waals surface area contributed by atoms with Crippen LogP contribution in [0.15, 0.2) is 65.2 Å². The number of carbonyl (C=O) groups is 2. The summed E-state index contributed by atoms with van der Waals surface area (Å²) in [7, 11) is 1.79. The number of benzene rings is 2. The standard InChI is InChI=1S/C25H26FN3O3/c1-16(2)13-21-25(31)28(3)22(17-7-5-4-6-8-17)15-29(21)24(30)20-14-23(32-27-20)18-9-11-19(26)12-10-18/h4-12,14,16,21-22H,13,15H2,1-3H3. The van der Waals surface area contributed by atoms with Gasteiger partial charge in [-0.25, -0.2) is 4.39 Å². The number of hydrogen-bond donors (Lipinski definition) is 0. The SMILES string of the molecule is CC(C)CC1C(=O)N(C)C(c2ccccc2)CN1C(=O)c1cc(-c2ccc(F)cc2)on1. The summed E-state index contributed by atoms with van der Waals surface area (Å²) in [6, 6.07) is 16.2. The van der Waals surface area contributed by atoms with Crippen LogP contribution < -0.4 is 0 Å². The van der Waals surface area contributed by atoms with Crippen LogP contribution in [0.4, 0.5) is 4.39 Å². The largest absolute Gasteiger partial charge is 0.355 e. The molecule has 6 nitrogen and oxygen atoms in total. The Hall–Kier alpha value is -3.48. The third kappa shape index (κ3) is 4.28. The molecule has 1 aliphatic rings. The first-order valence-corrected chi connectivity index (χ1v) is 10.7. The molecule has 1 saturated heterocycles. The van der Waals surface area contributed by atoms with E-state index in [0.717, 1.165) is 5.56 Å². The van der Waals surface area contributed by atoms with Crippen LogP contribution in [-0.2, 0) is 4.79 Å². The number of hydrogen-bond acceptors (Lipinski definition) is 4. The summed E-state index contributed by atoms with van der Waals surface area (Å²) >= 11 is 0. The molecule has 0 bridgehead atoms. The van der Waals surface area contributed by atoms with Crippen molar-refractivity contribution in [3.8, 4) is 11.3 Å². The minimum atomic E-state index is -0.571. The molecule has 1 aliphatic heterocycles. The van der Waals surface area contributed by atoms with Gasteiger partial charge in [0, 0.05) is 25.2 Å². The van der Waals surface area contributed by atoms with Crippen LogP contribution in [-0.4, -0.2) is 46.4 Å². The van der Waals surface area contributed by atoms with E-state index in [2.05, 4.69) is 5.16 Å². The Morgan fingerprint density at radius 1 is 1.16 bits per heavy atom. The van der Waals surface area contributed by atoms with E-state index in [1.54, 1.807) is 35.0 Å². The third-order valence-electron chi connectivity index (χ3n) is 5.84. The Morgan fingerprint density at radius 2 is 1.84 bits per heavy atom. The van der Waals surface area contributed by atoms with Crippen molar-refractivity contribution in [1.82, 2.24) is 15.0 Å². The zero-order chi connectivity index (χ0) is 22.8. The first kappa shape index (κ1) is 21.7. The highest BCUT2D eigenvalue weighted by Crippen LogP contribution is 2.31. The van der Waals surface area contributed by atoms with Crippen molar-refractivity contribution in [3.63, 3.8) is 0 Å². The van der Waals surface area contributed by atoms with Gasteiger partial charge in [-0.3, -0.25) is 9.59 Å². The Balaban J connectivity index is 1.65. The van der Waals surface area contributed by atoms with E-state index in [0.29, 0.717) is 24.3 Å². The molecule has 0 N–H and O–H groups in total. The van der Waals surface area contributed by atoms with Crippen LogP contribution in [0.5, 0.6) is 0 Å². The highest BCUT2D eigenvalue weighted by Gasteiger charge is 2.42. The fourth-order valence-electron chi connectivity index (χ4n) is 4.13. The van der Waals surface area contributed by atoms with E-state index in [9.17, 15) is 14.0 Å². The smallest absolute Gasteiger partial charge is 0.276 e. The minimum absolute atomic E-state index is 0.0885. The Bertz CT molecular complexity index is 1100. The molecule has 0 aliphatic carbocycles. The van der Waals surface area contributed by atoms with Crippen LogP contribution in [0.2, 0.25) is 0 Å². The molecular formula is C25H26FN3O3. The number of amides is 2. The maximum absolute atomic E-state index is 13.5. The molecule has 32 heavy (non-hydrogen) atoms. The molecule has 166 valence electrons. The van der Waals surface area contributed by atoms with Gasteiger partial charge >= 0.3 is 0 Å². The number of likely N-dealkylation sites (N-methyl/N-ethyl adjacent to an activating group) is 1. The first-order chi connectivity index (χ1) is 15.3. The van der Waals surface area contributed by atoms with Gasteiger partial charge in [0.1, 0.15) is 11.9 Å². The van der Waals surface area contributed by atoms with E-state index in [-0.39, 0.29) is 35.3 Å². The molecule has 3 aromatic rings. The van der Waals surface area contributed by atoms with Gasteiger partial charge in [0.2, 0.25) is 5.91 Å². The number of piperazine rings is 1. The van der Waals surface area contributed by atoms with Crippen molar-refractivity contribution in [2.45, 2.75) is 32.4 Å². The van der Waals surface area contributed by atoms with Crippen molar-refractivity contribution >= 4 is 11.8 Å². The summed E-state index contributed by atoms with van der Waals surface area (Å²) < 4.78 is 18.6. The normalized spacial score (nSPS) is 19.0. The van der Waals surface area contributed by atoms with Gasteiger partial charge in [-0.2, -0.15) is 0 Å². The van der Waals surface area contributed by atoms with Crippen molar-refractivity contribution < 1.29 is 18.5 Å². The monoisotopic (exact) mass is 435 g/mol. The van der Waals surface area contributed by atoms with Crippen LogP contribution in [0.1, 0.15) is 42.4 Å². The summed E-state index contributed by atoms with van der Waals surface area (Å²) in [4.78, 5) is 30.1. The van der Waals surface area contributed by atoms with E-state index in [1.165, 1.54) is 12.1 Å². The van der Waals surface area contributed by atoms with Gasteiger partial charge in [-0.15, -0.1) is 0 Å². The Kier molecular flexibility index (Phi) is 6.08. The summed E-state index contributed by atoms with van der Waals surface area (Å²) in [6.07, 6.45) is 0.555. The van der Waals surface area contributed by atoms with Crippen LogP contribution in [0, 0.1) is 11.7 Å². The predicted octanol–water partition coefficient (Wildman–Crippen LogP) is 4.55. The van der Waals surface area contributed by atoms with Crippen LogP contribution in [0.3, 0.4) is 0 Å². The van der Waals surface area contributed by atoms with Gasteiger partial charge in [0.15, 0.2) is 11.5 Å². The van der Waals surface area contributed by atoms with Gasteiger partial charge in [-0.1, -0.05) is 49.3 Å². The van der Waals surface area contributed by atoms with Gasteiger partial charge in [0.05, 0.1) is 6.04 Å². The average Bonchev–Trinajstić information content (AvgIpc) is 3.28. The predicted molar refractivity (Wildman–Crippen MR) is 118 cm³/mol. The van der Waals surface area contributed by atoms with Crippen molar-refractivity contribution in [2.24, 2.45) is 5.92 Å². The lowest BCUT2D eigenvalue weighted by atomic mass is 9.94. The zero-order valence-corrected chi connectivity index (χ0v) is 18.4. The molecule has 0 saturated carbocycles. The van der Waals surface area contributed by atoms with Crippen molar-refractivity contribution in [2.75, 3.05) is 13.6 Å². The fourth-order valence-corrected chi connectivity index (χ4v) is 4.13. The fraction of sp³-hybridized carbons (Fsp3) is 0.320. The number of carbonyl (C=O) groups excluding carboxylic acids is 2. The first-order valence-electron chi connectivity index (χ1n) is 10.7. The lowest BCUT2D eigenvalue weighted by Crippen LogP contribution is -2.59. The number of halogens is 1. The Labute approximate surface area is 186 Å². The molecular weight excluding hydrogens is 409 g/mol. The molecule has 2 aromatic carbocycles. The maximum atomic E-state index is 13.5. The third-order valence-corrected chi connectivity index (χ3v) is 5.84. The Morgan fingerprint density at radius 3 is 2.50 bits per heavy atom. The van der Waals surface area contributed by atoms with Crippen molar-refractivity contribution in [1.29, 1.82) is 0 Å². The molecule has 0 spiro atoms. The van der Waals surface area contributed by atoms with Crippen LogP contribution in [0.25, 0.3) is 11.3 Å². The summed E-state index contributed by atoms with van der Waals surface area (Å²) in [5.74, 6) is -0.199. The average molecular weight is 435 g/mol. The second kappa shape index (κ2) is 8.94. The summed E-state index contributed by atoms with van der Waals surface area (Å²) in [6.45, 7) is 4.42. The number of nitrogens with zero attached hydrogens (tertiary/aromatic N) is 3. The van der Waals surface area contributed by atoms with Gasteiger partial charge in [0.25, 0.3) is 5.91 Å². The van der Waals surface area contributed by atoms with Gasteiger partial charge < -0.3 is 14.3 Å². The van der Waals surface area contributed by atoms with E-state index < -0.39 is 6.04 Å². The molecule has 7 heteroatoms. The number of rotatable bonds is 5. The topological polar surface area (TPSA) is 66.7 Å². The lowest BCUT2D eigenvalue weighted by molar-refractivity contribution is -0.143. The molecule has 2 atom stereocenters. The molecule has 2 unspecified atom stereocenters. The lowest BCUT2D eigenvalue weighted by Gasteiger charge is -2.44. The molecule has 2 amide bonds. The summed E-state index contributed by atoms with van der Waals surface area (Å²) in [5, 5.41) is 3.96. The zero-order valence-electron chi connectivity index (χ0n) is 18.4. The second-order valence-electron chi connectivity index (χ2n) is 8.56. The molecule has 1 fully saturated rings. The van der Waals surface area contributed by atoms with Gasteiger partial charge in [-0.05, 0) is 42.2 Å².